The molecule has 1 atom stereocenters. The first kappa shape index (κ1) is 16.7. The quantitative estimate of drug-likeness (QED) is 0.697. The zero-order valence-electron chi connectivity index (χ0n) is 15.3. The molecule has 1 aliphatic carbocycles. The third-order valence-electron chi connectivity index (χ3n) is 4.55. The Kier molecular flexibility index (Phi) is 3.78. The number of hydrogen-bond acceptors (Lipinski definition) is 3. The Morgan fingerprint density at radius 1 is 1.00 bits per heavy atom. The number of fused-ring (bicyclic) bond motifs is 1. The molecular formula is C21H25NO2. The highest BCUT2D eigenvalue weighted by Crippen LogP contribution is 2.50. The minimum absolute atomic E-state index is 0.139. The van der Waals surface area contributed by atoms with Crippen LogP contribution >= 0.6 is 0 Å². The zero-order chi connectivity index (χ0) is 17.7. The van der Waals surface area contributed by atoms with Crippen LogP contribution < -0.4 is 0 Å². The predicted molar refractivity (Wildman–Crippen MR) is 96.6 cm³/mol. The van der Waals surface area contributed by atoms with Gasteiger partial charge < -0.3 is 4.52 Å². The maximum Gasteiger partial charge on any atom is 0.168 e. The summed E-state index contributed by atoms with van der Waals surface area (Å²) in [5, 5.41) is 4.36. The van der Waals surface area contributed by atoms with Crippen molar-refractivity contribution in [2.24, 2.45) is 10.8 Å². The Hall–Kier alpha value is -2.16. The van der Waals surface area contributed by atoms with E-state index in [9.17, 15) is 4.79 Å². The Bertz CT molecular complexity index is 799. The largest absolute Gasteiger partial charge is 0.356 e. The van der Waals surface area contributed by atoms with Crippen molar-refractivity contribution >= 4 is 11.4 Å². The summed E-state index contributed by atoms with van der Waals surface area (Å²) in [7, 11) is 0. The lowest BCUT2D eigenvalue weighted by Gasteiger charge is -2.34. The zero-order valence-corrected chi connectivity index (χ0v) is 15.3. The van der Waals surface area contributed by atoms with Crippen LogP contribution in [0.2, 0.25) is 0 Å². The van der Waals surface area contributed by atoms with Crippen LogP contribution in [0.15, 0.2) is 40.9 Å². The van der Waals surface area contributed by atoms with Crippen molar-refractivity contribution in [3.8, 4) is 11.3 Å². The molecule has 3 nitrogen and oxygen atoms in total. The van der Waals surface area contributed by atoms with Crippen LogP contribution in [0, 0.1) is 10.8 Å². The second-order valence-corrected chi connectivity index (χ2v) is 8.65. The molecule has 0 saturated heterocycles. The van der Waals surface area contributed by atoms with E-state index in [0.717, 1.165) is 28.2 Å². The van der Waals surface area contributed by atoms with Gasteiger partial charge in [0.1, 0.15) is 5.69 Å². The van der Waals surface area contributed by atoms with Gasteiger partial charge in [0.15, 0.2) is 11.5 Å². The van der Waals surface area contributed by atoms with Gasteiger partial charge in [-0.1, -0.05) is 77.0 Å². The third kappa shape index (κ3) is 2.72. The highest BCUT2D eigenvalue weighted by Gasteiger charge is 2.43. The Morgan fingerprint density at radius 2 is 1.62 bits per heavy atom. The molecule has 0 bridgehead atoms. The molecule has 0 spiro atoms. The smallest absolute Gasteiger partial charge is 0.168 e. The molecule has 1 aliphatic rings. The van der Waals surface area contributed by atoms with Crippen LogP contribution in [-0.4, -0.2) is 10.9 Å². The minimum atomic E-state index is -0.250. The van der Waals surface area contributed by atoms with Crippen LogP contribution in [0.4, 0.5) is 0 Å². The van der Waals surface area contributed by atoms with E-state index in [0.29, 0.717) is 0 Å². The summed E-state index contributed by atoms with van der Waals surface area (Å²) in [5.41, 5.74) is 3.25. The third-order valence-corrected chi connectivity index (χ3v) is 4.55. The van der Waals surface area contributed by atoms with E-state index >= 15 is 0 Å². The molecule has 0 amide bonds. The van der Waals surface area contributed by atoms with Crippen molar-refractivity contribution < 1.29 is 9.32 Å². The molecule has 0 saturated carbocycles. The number of aromatic nitrogens is 1. The van der Waals surface area contributed by atoms with E-state index in [2.05, 4.69) is 46.7 Å². The number of allylic oxidation sites excluding steroid dienone is 2. The van der Waals surface area contributed by atoms with Crippen LogP contribution in [0.5, 0.6) is 0 Å². The molecular weight excluding hydrogens is 298 g/mol. The van der Waals surface area contributed by atoms with Crippen LogP contribution in [0.25, 0.3) is 16.8 Å². The van der Waals surface area contributed by atoms with Gasteiger partial charge in [-0.05, 0) is 16.9 Å². The average molecular weight is 323 g/mol. The van der Waals surface area contributed by atoms with Crippen molar-refractivity contribution in [1.29, 1.82) is 0 Å². The lowest BCUT2D eigenvalue weighted by atomic mass is 9.67. The highest BCUT2D eigenvalue weighted by molar-refractivity contribution is 6.06. The second-order valence-electron chi connectivity index (χ2n) is 8.65. The molecule has 24 heavy (non-hydrogen) atoms. The van der Waals surface area contributed by atoms with Gasteiger partial charge in [0, 0.05) is 16.7 Å². The SMILES string of the molecule is CC(C)(C)C1=CC(=O)C(C(C)(C)C)c2c(-c3ccccc3)noc21. The Balaban J connectivity index is 2.29. The molecule has 0 radical (unpaired) electrons. The maximum absolute atomic E-state index is 13.0. The fourth-order valence-corrected chi connectivity index (χ4v) is 3.41. The molecule has 1 aromatic carbocycles. The van der Waals surface area contributed by atoms with Crippen molar-refractivity contribution in [1.82, 2.24) is 5.16 Å². The van der Waals surface area contributed by atoms with Crippen molar-refractivity contribution in [2.75, 3.05) is 0 Å². The van der Waals surface area contributed by atoms with Gasteiger partial charge in [0.05, 0.1) is 5.92 Å². The molecule has 3 rings (SSSR count). The minimum Gasteiger partial charge on any atom is -0.356 e. The van der Waals surface area contributed by atoms with E-state index in [1.807, 2.05) is 30.3 Å². The van der Waals surface area contributed by atoms with E-state index in [1.165, 1.54) is 0 Å². The number of nitrogens with zero attached hydrogens (tertiary/aromatic N) is 1. The topological polar surface area (TPSA) is 43.1 Å². The fraction of sp³-hybridized carbons (Fsp3) is 0.429. The van der Waals surface area contributed by atoms with E-state index < -0.39 is 0 Å². The fourth-order valence-electron chi connectivity index (χ4n) is 3.41. The second kappa shape index (κ2) is 5.44. The van der Waals surface area contributed by atoms with Gasteiger partial charge in [0.25, 0.3) is 0 Å². The summed E-state index contributed by atoms with van der Waals surface area (Å²) in [6, 6.07) is 9.96. The van der Waals surface area contributed by atoms with Crippen LogP contribution in [-0.2, 0) is 4.79 Å². The van der Waals surface area contributed by atoms with E-state index in [-0.39, 0.29) is 22.5 Å². The van der Waals surface area contributed by atoms with Gasteiger partial charge in [-0.2, -0.15) is 0 Å². The average Bonchev–Trinajstić information content (AvgIpc) is 2.89. The lowest BCUT2D eigenvalue weighted by molar-refractivity contribution is -0.118. The Labute approximate surface area is 143 Å². The number of carbonyl (C=O) groups excluding carboxylic acids is 1. The molecule has 1 heterocycles. The maximum atomic E-state index is 13.0. The van der Waals surface area contributed by atoms with Crippen molar-refractivity contribution in [2.45, 2.75) is 47.5 Å². The normalized spacial score (nSPS) is 18.3. The van der Waals surface area contributed by atoms with Crippen LogP contribution in [0.1, 0.15) is 58.8 Å². The highest BCUT2D eigenvalue weighted by atomic mass is 16.5. The van der Waals surface area contributed by atoms with Gasteiger partial charge >= 0.3 is 0 Å². The molecule has 126 valence electrons. The Morgan fingerprint density at radius 3 is 2.17 bits per heavy atom. The first-order chi connectivity index (χ1) is 11.1. The van der Waals surface area contributed by atoms with Gasteiger partial charge in [-0.3, -0.25) is 4.79 Å². The number of carbonyl (C=O) groups is 1. The van der Waals surface area contributed by atoms with Crippen LogP contribution in [0.3, 0.4) is 0 Å². The number of benzene rings is 1. The predicted octanol–water partition coefficient (Wildman–Crippen LogP) is 5.48. The molecule has 1 aromatic heterocycles. The molecule has 0 fully saturated rings. The molecule has 0 aliphatic heterocycles. The van der Waals surface area contributed by atoms with Crippen molar-refractivity contribution in [3.63, 3.8) is 0 Å². The monoisotopic (exact) mass is 323 g/mol. The van der Waals surface area contributed by atoms with E-state index in [1.54, 1.807) is 6.08 Å². The number of hydrogen-bond donors (Lipinski definition) is 0. The first-order valence-corrected chi connectivity index (χ1v) is 8.42. The van der Waals surface area contributed by atoms with Gasteiger partial charge in [0.2, 0.25) is 0 Å². The van der Waals surface area contributed by atoms with Crippen molar-refractivity contribution in [3.05, 3.63) is 47.7 Å². The molecule has 2 aromatic rings. The number of ketones is 1. The van der Waals surface area contributed by atoms with Gasteiger partial charge in [-0.15, -0.1) is 0 Å². The summed E-state index contributed by atoms with van der Waals surface area (Å²) in [6.45, 7) is 12.6. The molecule has 3 heteroatoms. The summed E-state index contributed by atoms with van der Waals surface area (Å²) < 4.78 is 5.78. The van der Waals surface area contributed by atoms with E-state index in [4.69, 9.17) is 4.52 Å². The molecule has 0 N–H and O–H groups in total. The lowest BCUT2D eigenvalue weighted by Crippen LogP contribution is -2.30. The summed E-state index contributed by atoms with van der Waals surface area (Å²) >= 11 is 0. The summed E-state index contributed by atoms with van der Waals surface area (Å²) in [6.07, 6.45) is 1.76. The summed E-state index contributed by atoms with van der Waals surface area (Å²) in [4.78, 5) is 13.0. The first-order valence-electron chi connectivity index (χ1n) is 8.42. The summed E-state index contributed by atoms with van der Waals surface area (Å²) in [5.74, 6) is 0.654. The number of rotatable bonds is 1. The standard InChI is InChI=1S/C21H25NO2/c1-20(2,3)14-12-15(23)17(21(4,5)6)16-18(22-24-19(14)16)13-10-8-7-9-11-13/h7-12,17H,1-6H3. The van der Waals surface area contributed by atoms with Gasteiger partial charge in [-0.25, -0.2) is 0 Å². The molecule has 1 unspecified atom stereocenters.